The summed E-state index contributed by atoms with van der Waals surface area (Å²) < 4.78 is 31.1. The van der Waals surface area contributed by atoms with Gasteiger partial charge in [-0.3, -0.25) is 0 Å². The number of halogens is 1. The van der Waals surface area contributed by atoms with Crippen LogP contribution in [0.5, 0.6) is 17.2 Å². The van der Waals surface area contributed by atoms with Gasteiger partial charge in [0.15, 0.2) is 23.1 Å². The predicted octanol–water partition coefficient (Wildman–Crippen LogP) is 4.39. The van der Waals surface area contributed by atoms with Gasteiger partial charge < -0.3 is 14.2 Å². The second-order valence-corrected chi connectivity index (χ2v) is 6.10. The standard InChI is InChI=1S/C19H13FO5S/c1-4-14(21)24-12-8-6-10-11-7-9-13(25-15(22)5-2)17(23-3)19(11)26-18(10)16(12)20/h4-9H,1-2H2,3H3. The molecule has 0 radical (unpaired) electrons. The van der Waals surface area contributed by atoms with Crippen molar-refractivity contribution < 1.29 is 28.2 Å². The van der Waals surface area contributed by atoms with Crippen LogP contribution in [0.15, 0.2) is 49.6 Å². The molecule has 0 atom stereocenters. The monoisotopic (exact) mass is 372 g/mol. The maximum Gasteiger partial charge on any atom is 0.335 e. The summed E-state index contributed by atoms with van der Waals surface area (Å²) in [5.41, 5.74) is 0. The lowest BCUT2D eigenvalue weighted by atomic mass is 10.1. The van der Waals surface area contributed by atoms with Crippen molar-refractivity contribution in [3.63, 3.8) is 0 Å². The number of fused-ring (bicyclic) bond motifs is 3. The van der Waals surface area contributed by atoms with E-state index in [4.69, 9.17) is 14.2 Å². The summed E-state index contributed by atoms with van der Waals surface area (Å²) in [7, 11) is 1.43. The fourth-order valence-electron chi connectivity index (χ4n) is 2.46. The Morgan fingerprint density at radius 3 is 2.08 bits per heavy atom. The lowest BCUT2D eigenvalue weighted by molar-refractivity contribution is -0.130. The van der Waals surface area contributed by atoms with Crippen molar-refractivity contribution in [3.8, 4) is 17.2 Å². The molecular formula is C19H13FO5S. The SMILES string of the molecule is C=CC(=O)Oc1ccc2c(sc3c(OC)c(OC(=O)C=C)ccc32)c1F. The minimum atomic E-state index is -0.749. The van der Waals surface area contributed by atoms with E-state index in [1.165, 1.54) is 13.2 Å². The molecule has 0 aliphatic heterocycles. The summed E-state index contributed by atoms with van der Waals surface area (Å²) in [4.78, 5) is 22.8. The molecule has 0 aliphatic rings. The van der Waals surface area contributed by atoms with Crippen molar-refractivity contribution >= 4 is 43.4 Å². The van der Waals surface area contributed by atoms with Gasteiger partial charge in [0, 0.05) is 22.9 Å². The molecule has 26 heavy (non-hydrogen) atoms. The highest BCUT2D eigenvalue weighted by Gasteiger charge is 2.20. The minimum absolute atomic E-state index is 0.189. The van der Waals surface area contributed by atoms with Gasteiger partial charge >= 0.3 is 11.9 Å². The number of carbonyl (C=O) groups excluding carboxylic acids is 2. The molecule has 0 spiro atoms. The number of ether oxygens (including phenoxy) is 3. The first-order chi connectivity index (χ1) is 12.5. The van der Waals surface area contributed by atoms with E-state index in [0.29, 0.717) is 20.5 Å². The van der Waals surface area contributed by atoms with E-state index in [0.717, 1.165) is 28.9 Å². The Morgan fingerprint density at radius 2 is 1.50 bits per heavy atom. The highest BCUT2D eigenvalue weighted by molar-refractivity contribution is 7.26. The molecule has 0 saturated heterocycles. The Bertz CT molecular complexity index is 1070. The average molecular weight is 372 g/mol. The first-order valence-electron chi connectivity index (χ1n) is 7.40. The van der Waals surface area contributed by atoms with Crippen LogP contribution in [0.4, 0.5) is 4.39 Å². The summed E-state index contributed by atoms with van der Waals surface area (Å²) in [6, 6.07) is 6.30. The number of methoxy groups -OCH3 is 1. The van der Waals surface area contributed by atoms with Crippen molar-refractivity contribution in [1.29, 1.82) is 0 Å². The molecule has 2 aromatic carbocycles. The summed E-state index contributed by atoms with van der Waals surface area (Å²) >= 11 is 1.10. The molecular weight excluding hydrogens is 359 g/mol. The Balaban J connectivity index is 2.21. The molecule has 0 unspecified atom stereocenters. The highest BCUT2D eigenvalue weighted by atomic mass is 32.1. The highest BCUT2D eigenvalue weighted by Crippen LogP contribution is 2.46. The molecule has 0 aliphatic carbocycles. The van der Waals surface area contributed by atoms with Crippen LogP contribution in [0.2, 0.25) is 0 Å². The van der Waals surface area contributed by atoms with Gasteiger partial charge in [-0.05, 0) is 24.3 Å². The summed E-state index contributed by atoms with van der Waals surface area (Å²) in [5.74, 6) is -1.72. The Kier molecular flexibility index (Phi) is 4.73. The van der Waals surface area contributed by atoms with Gasteiger partial charge in [0.25, 0.3) is 0 Å². The van der Waals surface area contributed by atoms with Crippen LogP contribution in [0.1, 0.15) is 0 Å². The van der Waals surface area contributed by atoms with E-state index >= 15 is 0 Å². The second kappa shape index (κ2) is 6.97. The predicted molar refractivity (Wildman–Crippen MR) is 97.5 cm³/mol. The quantitative estimate of drug-likeness (QED) is 0.378. The molecule has 1 heterocycles. The van der Waals surface area contributed by atoms with Gasteiger partial charge in [0.2, 0.25) is 0 Å². The first kappa shape index (κ1) is 17.6. The zero-order chi connectivity index (χ0) is 18.8. The molecule has 132 valence electrons. The van der Waals surface area contributed by atoms with Gasteiger partial charge in [-0.2, -0.15) is 0 Å². The maximum absolute atomic E-state index is 14.8. The number of thiophene rings is 1. The van der Waals surface area contributed by atoms with Crippen molar-refractivity contribution in [2.75, 3.05) is 7.11 Å². The van der Waals surface area contributed by atoms with Crippen molar-refractivity contribution in [3.05, 3.63) is 55.4 Å². The van der Waals surface area contributed by atoms with E-state index in [9.17, 15) is 14.0 Å². The van der Waals surface area contributed by atoms with Gasteiger partial charge in [-0.25, -0.2) is 14.0 Å². The topological polar surface area (TPSA) is 61.8 Å². The number of carbonyl (C=O) groups is 2. The lowest BCUT2D eigenvalue weighted by Crippen LogP contribution is -2.04. The number of esters is 2. The molecule has 0 amide bonds. The normalized spacial score (nSPS) is 10.5. The van der Waals surface area contributed by atoms with Gasteiger partial charge in [-0.1, -0.05) is 13.2 Å². The smallest absolute Gasteiger partial charge is 0.335 e. The molecule has 0 N–H and O–H groups in total. The van der Waals surface area contributed by atoms with Crippen molar-refractivity contribution in [2.24, 2.45) is 0 Å². The minimum Gasteiger partial charge on any atom is -0.491 e. The molecule has 7 heteroatoms. The maximum atomic E-state index is 14.8. The largest absolute Gasteiger partial charge is 0.491 e. The van der Waals surface area contributed by atoms with E-state index in [-0.39, 0.29) is 11.5 Å². The molecule has 5 nitrogen and oxygen atoms in total. The van der Waals surface area contributed by atoms with E-state index in [1.54, 1.807) is 18.2 Å². The molecule has 3 aromatic rings. The third kappa shape index (κ3) is 2.93. The van der Waals surface area contributed by atoms with E-state index in [2.05, 4.69) is 13.2 Å². The first-order valence-corrected chi connectivity index (χ1v) is 8.22. The Morgan fingerprint density at radius 1 is 0.962 bits per heavy atom. The summed E-state index contributed by atoms with van der Waals surface area (Å²) in [6.45, 7) is 6.64. The molecule has 0 saturated carbocycles. The van der Waals surface area contributed by atoms with Crippen LogP contribution < -0.4 is 14.2 Å². The third-order valence-corrected chi connectivity index (χ3v) is 4.80. The van der Waals surface area contributed by atoms with Crippen molar-refractivity contribution in [2.45, 2.75) is 0 Å². The Labute approximate surface area is 151 Å². The van der Waals surface area contributed by atoms with Gasteiger partial charge in [0.1, 0.15) is 0 Å². The van der Waals surface area contributed by atoms with Crippen LogP contribution in [-0.4, -0.2) is 19.0 Å². The van der Waals surface area contributed by atoms with Gasteiger partial charge in [-0.15, -0.1) is 11.3 Å². The molecule has 0 bridgehead atoms. The molecule has 3 rings (SSSR count). The second-order valence-electron chi connectivity index (χ2n) is 5.08. The third-order valence-electron chi connectivity index (χ3n) is 3.59. The van der Waals surface area contributed by atoms with Crippen LogP contribution in [0, 0.1) is 5.82 Å². The summed E-state index contributed by atoms with van der Waals surface area (Å²) in [6.07, 6.45) is 1.99. The van der Waals surface area contributed by atoms with Crippen LogP contribution in [0.25, 0.3) is 20.2 Å². The van der Waals surface area contributed by atoms with E-state index in [1.807, 2.05) is 0 Å². The van der Waals surface area contributed by atoms with E-state index < -0.39 is 17.8 Å². The Hall–Kier alpha value is -3.19. The van der Waals surface area contributed by atoms with Crippen LogP contribution in [0.3, 0.4) is 0 Å². The van der Waals surface area contributed by atoms with Gasteiger partial charge in [0.05, 0.1) is 16.5 Å². The zero-order valence-corrected chi connectivity index (χ0v) is 14.5. The zero-order valence-electron chi connectivity index (χ0n) is 13.7. The summed E-state index contributed by atoms with van der Waals surface area (Å²) in [5, 5.41) is 1.35. The number of hydrogen-bond acceptors (Lipinski definition) is 6. The van der Waals surface area contributed by atoms with Crippen molar-refractivity contribution in [1.82, 2.24) is 0 Å². The fourth-order valence-corrected chi connectivity index (χ4v) is 3.71. The van der Waals surface area contributed by atoms with Crippen LogP contribution in [-0.2, 0) is 9.59 Å². The van der Waals surface area contributed by atoms with Crippen LogP contribution >= 0.6 is 11.3 Å². The number of benzene rings is 2. The molecule has 1 aromatic heterocycles. The lowest BCUT2D eigenvalue weighted by Gasteiger charge is -2.08. The molecule has 0 fully saturated rings. The number of rotatable bonds is 5. The fraction of sp³-hybridized carbons (Fsp3) is 0.0526. The average Bonchev–Trinajstić information content (AvgIpc) is 3.03. The number of hydrogen-bond donors (Lipinski definition) is 0.